The molecule has 0 unspecified atom stereocenters. The average Bonchev–Trinajstić information content (AvgIpc) is 3.40. The summed E-state index contributed by atoms with van der Waals surface area (Å²) in [6, 6.07) is 22.1. The van der Waals surface area contributed by atoms with Crippen molar-refractivity contribution in [1.29, 1.82) is 0 Å². The Labute approximate surface area is 210 Å². The molecule has 0 radical (unpaired) electrons. The number of ether oxygens (including phenoxy) is 2. The number of rotatable bonds is 2. The third-order valence-corrected chi connectivity index (χ3v) is 7.86. The lowest BCUT2D eigenvalue weighted by Gasteiger charge is -2.39. The van der Waals surface area contributed by atoms with Crippen LogP contribution in [0.25, 0.3) is 43.6 Å². The van der Waals surface area contributed by atoms with Crippen molar-refractivity contribution >= 4 is 43.6 Å². The van der Waals surface area contributed by atoms with E-state index >= 15 is 0 Å². The number of H-pyrrole nitrogens is 2. The Bertz CT molecular complexity index is 1840. The summed E-state index contributed by atoms with van der Waals surface area (Å²) in [5.41, 5.74) is 9.23. The third-order valence-electron chi connectivity index (χ3n) is 7.86. The van der Waals surface area contributed by atoms with E-state index in [1.165, 1.54) is 54.8 Å². The molecular weight excluding hydrogens is 444 g/mol. The fourth-order valence-corrected chi connectivity index (χ4v) is 6.30. The fraction of sp³-hybridized carbons (Fsp3) is 0.250. The summed E-state index contributed by atoms with van der Waals surface area (Å²) in [4.78, 5) is 7.33. The third kappa shape index (κ3) is 3.00. The van der Waals surface area contributed by atoms with Gasteiger partial charge in [-0.1, -0.05) is 24.3 Å². The molecule has 2 aromatic heterocycles. The zero-order valence-corrected chi connectivity index (χ0v) is 21.4. The van der Waals surface area contributed by atoms with Gasteiger partial charge in [0.25, 0.3) is 0 Å². The molecule has 0 aliphatic carbocycles. The van der Waals surface area contributed by atoms with Gasteiger partial charge in [0.2, 0.25) is 0 Å². The van der Waals surface area contributed by atoms with E-state index in [4.69, 9.17) is 9.47 Å². The number of hydrogen-bond acceptors (Lipinski definition) is 2. The number of benzene rings is 4. The SMILES string of the molecule is COc1cc(C)cc2c1[nH]c1ccc([C@@H]3CC(C)(C)Oc4c(C)cc5c([nH]c6ccccc65)c43)cc12. The molecule has 3 heterocycles. The molecule has 0 amide bonds. The summed E-state index contributed by atoms with van der Waals surface area (Å²) < 4.78 is 12.3. The van der Waals surface area contributed by atoms with Crippen molar-refractivity contribution in [2.75, 3.05) is 7.11 Å². The Kier molecular flexibility index (Phi) is 4.33. The van der Waals surface area contributed by atoms with Gasteiger partial charge in [-0.15, -0.1) is 0 Å². The summed E-state index contributed by atoms with van der Waals surface area (Å²) in [5, 5.41) is 4.96. The van der Waals surface area contributed by atoms with Crippen LogP contribution in [-0.4, -0.2) is 22.7 Å². The summed E-state index contributed by atoms with van der Waals surface area (Å²) in [7, 11) is 1.74. The summed E-state index contributed by atoms with van der Waals surface area (Å²) in [5.74, 6) is 2.11. The first-order valence-electron chi connectivity index (χ1n) is 12.7. The van der Waals surface area contributed by atoms with Crippen LogP contribution in [0.4, 0.5) is 0 Å². The van der Waals surface area contributed by atoms with Crippen molar-refractivity contribution in [3.05, 3.63) is 82.9 Å². The Morgan fingerprint density at radius 1 is 0.833 bits per heavy atom. The van der Waals surface area contributed by atoms with Crippen molar-refractivity contribution in [2.24, 2.45) is 0 Å². The number of aryl methyl sites for hydroxylation is 2. The van der Waals surface area contributed by atoms with Gasteiger partial charge in [0.15, 0.2) is 0 Å². The van der Waals surface area contributed by atoms with Crippen LogP contribution >= 0.6 is 0 Å². The van der Waals surface area contributed by atoms with E-state index in [2.05, 4.69) is 98.3 Å². The summed E-state index contributed by atoms with van der Waals surface area (Å²) in [6.07, 6.45) is 0.907. The molecule has 0 spiro atoms. The van der Waals surface area contributed by atoms with Crippen LogP contribution in [0.15, 0.2) is 60.7 Å². The zero-order chi connectivity index (χ0) is 24.8. The first kappa shape index (κ1) is 21.4. The van der Waals surface area contributed by atoms with Crippen molar-refractivity contribution < 1.29 is 9.47 Å². The van der Waals surface area contributed by atoms with Crippen LogP contribution in [0, 0.1) is 13.8 Å². The normalized spacial score (nSPS) is 17.1. The van der Waals surface area contributed by atoms with Gasteiger partial charge in [-0.25, -0.2) is 0 Å². The molecule has 1 aliphatic heterocycles. The molecule has 0 bridgehead atoms. The quantitative estimate of drug-likeness (QED) is 0.265. The molecule has 0 saturated carbocycles. The van der Waals surface area contributed by atoms with Crippen molar-refractivity contribution in [3.8, 4) is 11.5 Å². The van der Waals surface area contributed by atoms with Gasteiger partial charge in [-0.3, -0.25) is 0 Å². The van der Waals surface area contributed by atoms with Gasteiger partial charge in [0.05, 0.1) is 18.1 Å². The number of para-hydroxylation sites is 1. The highest BCUT2D eigenvalue weighted by Crippen LogP contribution is 2.50. The Morgan fingerprint density at radius 3 is 2.42 bits per heavy atom. The lowest BCUT2D eigenvalue weighted by atomic mass is 9.78. The average molecular weight is 475 g/mol. The molecule has 4 nitrogen and oxygen atoms in total. The standard InChI is InChI=1S/C32H30N2O2/c1-17-12-22-21-15-19(10-11-26(21)33-29(22)27(13-17)35-5)24-16-32(3,4)36-31-18(2)14-23-20-8-6-7-9-25(20)34-30(23)28(24)31/h6-15,24,33-34H,16H2,1-5H3/t24-/m0/s1. The number of fused-ring (bicyclic) bond motifs is 8. The number of methoxy groups -OCH3 is 1. The molecule has 36 heavy (non-hydrogen) atoms. The van der Waals surface area contributed by atoms with Crippen LogP contribution in [0.5, 0.6) is 11.5 Å². The lowest BCUT2D eigenvalue weighted by molar-refractivity contribution is 0.0771. The minimum Gasteiger partial charge on any atom is -0.495 e. The minimum absolute atomic E-state index is 0.209. The molecule has 6 aromatic rings. The van der Waals surface area contributed by atoms with Crippen molar-refractivity contribution in [1.82, 2.24) is 9.97 Å². The van der Waals surface area contributed by atoms with Gasteiger partial charge < -0.3 is 19.4 Å². The predicted octanol–water partition coefficient (Wildman–Crippen LogP) is 8.27. The molecule has 1 aliphatic rings. The second-order valence-electron chi connectivity index (χ2n) is 11.0. The lowest BCUT2D eigenvalue weighted by Crippen LogP contribution is -2.35. The maximum Gasteiger partial charge on any atom is 0.143 e. The van der Waals surface area contributed by atoms with Crippen LogP contribution < -0.4 is 9.47 Å². The molecule has 7 rings (SSSR count). The molecule has 4 heteroatoms. The zero-order valence-electron chi connectivity index (χ0n) is 21.4. The van der Waals surface area contributed by atoms with E-state index in [1.54, 1.807) is 7.11 Å². The van der Waals surface area contributed by atoms with Crippen molar-refractivity contribution in [2.45, 2.75) is 45.6 Å². The van der Waals surface area contributed by atoms with Gasteiger partial charge >= 0.3 is 0 Å². The largest absolute Gasteiger partial charge is 0.495 e. The number of aromatic nitrogens is 2. The summed E-state index contributed by atoms with van der Waals surface area (Å²) in [6.45, 7) is 8.71. The van der Waals surface area contributed by atoms with Crippen LogP contribution in [-0.2, 0) is 0 Å². The Hall–Kier alpha value is -3.92. The van der Waals surface area contributed by atoms with Gasteiger partial charge in [0, 0.05) is 44.1 Å². The highest BCUT2D eigenvalue weighted by Gasteiger charge is 2.37. The summed E-state index contributed by atoms with van der Waals surface area (Å²) >= 11 is 0. The van der Waals surface area contributed by atoms with E-state index in [-0.39, 0.29) is 11.5 Å². The molecule has 1 atom stereocenters. The molecule has 0 fully saturated rings. The van der Waals surface area contributed by atoms with Crippen LogP contribution in [0.1, 0.15) is 48.4 Å². The molecule has 2 N–H and O–H groups in total. The molecule has 4 aromatic carbocycles. The maximum atomic E-state index is 6.65. The second-order valence-corrected chi connectivity index (χ2v) is 11.0. The van der Waals surface area contributed by atoms with E-state index in [0.29, 0.717) is 0 Å². The van der Waals surface area contributed by atoms with E-state index < -0.39 is 0 Å². The Morgan fingerprint density at radius 2 is 1.58 bits per heavy atom. The molecular formula is C32H30N2O2. The first-order chi connectivity index (χ1) is 17.3. The first-order valence-corrected chi connectivity index (χ1v) is 12.7. The maximum absolute atomic E-state index is 6.65. The smallest absolute Gasteiger partial charge is 0.143 e. The van der Waals surface area contributed by atoms with E-state index in [1.807, 2.05) is 0 Å². The highest BCUT2D eigenvalue weighted by atomic mass is 16.5. The van der Waals surface area contributed by atoms with Gasteiger partial charge in [-0.2, -0.15) is 0 Å². The molecule has 180 valence electrons. The van der Waals surface area contributed by atoms with E-state index in [9.17, 15) is 0 Å². The monoisotopic (exact) mass is 474 g/mol. The van der Waals surface area contributed by atoms with Crippen LogP contribution in [0.2, 0.25) is 0 Å². The van der Waals surface area contributed by atoms with Gasteiger partial charge in [0.1, 0.15) is 17.1 Å². The predicted molar refractivity (Wildman–Crippen MR) is 149 cm³/mol. The van der Waals surface area contributed by atoms with E-state index in [0.717, 1.165) is 29.0 Å². The second kappa shape index (κ2) is 7.30. The van der Waals surface area contributed by atoms with Gasteiger partial charge in [-0.05, 0) is 87.2 Å². The number of hydrogen-bond donors (Lipinski definition) is 2. The Balaban J connectivity index is 1.52. The topological polar surface area (TPSA) is 50.0 Å². The highest BCUT2D eigenvalue weighted by molar-refractivity contribution is 6.11. The minimum atomic E-state index is -0.267. The van der Waals surface area contributed by atoms with Crippen molar-refractivity contribution in [3.63, 3.8) is 0 Å². The number of aromatic amines is 2. The molecule has 0 saturated heterocycles. The fourth-order valence-electron chi connectivity index (χ4n) is 6.30. The number of nitrogens with one attached hydrogen (secondary N) is 2. The van der Waals surface area contributed by atoms with Crippen LogP contribution in [0.3, 0.4) is 0 Å².